The van der Waals surface area contributed by atoms with Crippen LogP contribution in [-0.2, 0) is 14.4 Å². The molecule has 1 N–H and O–H groups in total. The van der Waals surface area contributed by atoms with Gasteiger partial charge in [-0.3, -0.25) is 0 Å². The summed E-state index contributed by atoms with van der Waals surface area (Å²) in [5.74, 6) is 0. The fourth-order valence-electron chi connectivity index (χ4n) is 0.184. The normalized spacial score (nSPS) is 23.5. The van der Waals surface area contributed by atoms with Gasteiger partial charge in [-0.2, -0.15) is 4.89 Å². The molecule has 6 heavy (non-hydrogen) atoms. The minimum absolute atomic E-state index is 0.214. The lowest BCUT2D eigenvalue weighted by atomic mass is 11.1. The third-order valence-corrected chi connectivity index (χ3v) is 0.494. The second-order valence-corrected chi connectivity index (χ2v) is 0.845. The molecule has 1 aliphatic rings. The number of hydrogen-bond donors (Lipinski definition) is 1. The molecular weight excluding hydrogens is 88.0 g/mol. The van der Waals surface area contributed by atoms with Gasteiger partial charge in [0.2, 0.25) is 0 Å². The molecular formula is C2H4O4. The maximum Gasteiger partial charge on any atom is 0.304 e. The first-order valence-electron chi connectivity index (χ1n) is 1.47. The van der Waals surface area contributed by atoms with Crippen LogP contribution >= 0.6 is 0 Å². The van der Waals surface area contributed by atoms with E-state index in [2.05, 4.69) is 14.4 Å². The monoisotopic (exact) mass is 92.0 g/mol. The van der Waals surface area contributed by atoms with Gasteiger partial charge in [0, 0.05) is 0 Å². The van der Waals surface area contributed by atoms with Gasteiger partial charge < -0.3 is 9.47 Å². The van der Waals surface area contributed by atoms with Crippen molar-refractivity contribution in [2.45, 2.75) is 6.48 Å². The van der Waals surface area contributed by atoms with Crippen molar-refractivity contribution in [1.82, 2.24) is 0 Å². The first kappa shape index (κ1) is 4.01. The van der Waals surface area contributed by atoms with E-state index in [-0.39, 0.29) is 6.79 Å². The minimum atomic E-state index is -0.829. The van der Waals surface area contributed by atoms with E-state index in [1.54, 1.807) is 0 Å². The topological polar surface area (TPSA) is 47.9 Å². The van der Waals surface area contributed by atoms with Crippen molar-refractivity contribution in [2.75, 3.05) is 6.79 Å². The van der Waals surface area contributed by atoms with Gasteiger partial charge in [-0.15, -0.1) is 0 Å². The van der Waals surface area contributed by atoms with Crippen LogP contribution in [0.5, 0.6) is 0 Å². The van der Waals surface area contributed by atoms with Crippen LogP contribution in [0, 0.1) is 0 Å². The van der Waals surface area contributed by atoms with Crippen molar-refractivity contribution >= 4 is 0 Å². The van der Waals surface area contributed by atoms with Crippen LogP contribution in [0.3, 0.4) is 0 Å². The van der Waals surface area contributed by atoms with Gasteiger partial charge in [-0.25, -0.2) is 5.26 Å². The standard InChI is InChI=1S/C2H4O4/c3-6-2-4-1-5-2/h2-3H,1H2. The molecule has 0 saturated carbocycles. The molecule has 0 bridgehead atoms. The second kappa shape index (κ2) is 1.53. The van der Waals surface area contributed by atoms with E-state index < -0.39 is 6.48 Å². The molecule has 1 heterocycles. The summed E-state index contributed by atoms with van der Waals surface area (Å²) in [5.41, 5.74) is 0. The van der Waals surface area contributed by atoms with Crippen molar-refractivity contribution in [3.05, 3.63) is 0 Å². The summed E-state index contributed by atoms with van der Waals surface area (Å²) in [5, 5.41) is 7.64. The largest absolute Gasteiger partial charge is 0.304 e. The number of rotatable bonds is 1. The third kappa shape index (κ3) is 0.504. The Balaban J connectivity index is 2.01. The van der Waals surface area contributed by atoms with Crippen molar-refractivity contribution < 1.29 is 19.6 Å². The van der Waals surface area contributed by atoms with Gasteiger partial charge in [0.05, 0.1) is 0 Å². The van der Waals surface area contributed by atoms with Crippen molar-refractivity contribution in [1.29, 1.82) is 0 Å². The first-order chi connectivity index (χ1) is 2.93. The number of hydrogen-bond acceptors (Lipinski definition) is 4. The lowest BCUT2D eigenvalue weighted by molar-refractivity contribution is -0.505. The maximum atomic E-state index is 7.64. The van der Waals surface area contributed by atoms with E-state index >= 15 is 0 Å². The molecule has 0 aromatic heterocycles. The van der Waals surface area contributed by atoms with Crippen LogP contribution < -0.4 is 0 Å². The summed E-state index contributed by atoms with van der Waals surface area (Å²) in [7, 11) is 0. The highest BCUT2D eigenvalue weighted by Gasteiger charge is 2.17. The predicted octanol–water partition coefficient (Wildman–Crippen LogP) is -0.236. The molecule has 1 saturated heterocycles. The quantitative estimate of drug-likeness (QED) is 0.358. The molecule has 1 rings (SSSR count). The zero-order valence-electron chi connectivity index (χ0n) is 2.96. The zero-order chi connectivity index (χ0) is 4.41. The highest BCUT2D eigenvalue weighted by Crippen LogP contribution is 2.04. The smallest absolute Gasteiger partial charge is 0.301 e. The van der Waals surface area contributed by atoms with Crippen LogP contribution in [0.1, 0.15) is 0 Å². The highest BCUT2D eigenvalue weighted by molar-refractivity contribution is 4.22. The van der Waals surface area contributed by atoms with Crippen molar-refractivity contribution in [3.8, 4) is 0 Å². The minimum Gasteiger partial charge on any atom is -0.301 e. The molecule has 36 valence electrons. The SMILES string of the molecule is OOC1OCO1. The van der Waals surface area contributed by atoms with Crippen LogP contribution in [-0.4, -0.2) is 18.5 Å². The Hall–Kier alpha value is -0.160. The average molecular weight is 92.0 g/mol. The Morgan fingerprint density at radius 2 is 2.33 bits per heavy atom. The molecule has 0 aliphatic carbocycles. The Morgan fingerprint density at radius 1 is 1.67 bits per heavy atom. The fraction of sp³-hybridized carbons (Fsp3) is 1.00. The van der Waals surface area contributed by atoms with E-state index in [0.29, 0.717) is 0 Å². The summed E-state index contributed by atoms with van der Waals surface area (Å²) in [6.07, 6.45) is 0. The second-order valence-electron chi connectivity index (χ2n) is 0.845. The van der Waals surface area contributed by atoms with Gasteiger partial charge in [0.15, 0.2) is 6.79 Å². The predicted molar refractivity (Wildman–Crippen MR) is 14.5 cm³/mol. The molecule has 0 spiro atoms. The Morgan fingerprint density at radius 3 is 2.33 bits per heavy atom. The summed E-state index contributed by atoms with van der Waals surface area (Å²) < 4.78 is 8.77. The van der Waals surface area contributed by atoms with Gasteiger partial charge in [0.1, 0.15) is 0 Å². The molecule has 0 radical (unpaired) electrons. The molecule has 1 fully saturated rings. The third-order valence-electron chi connectivity index (χ3n) is 0.494. The molecule has 0 atom stereocenters. The van der Waals surface area contributed by atoms with Gasteiger partial charge in [-0.1, -0.05) is 0 Å². The van der Waals surface area contributed by atoms with E-state index in [1.807, 2.05) is 0 Å². The summed E-state index contributed by atoms with van der Waals surface area (Å²) in [6.45, 7) is -0.615. The molecule has 1 aliphatic heterocycles. The zero-order valence-corrected chi connectivity index (χ0v) is 2.96. The Bertz CT molecular complexity index is 38.1. The summed E-state index contributed by atoms with van der Waals surface area (Å²) in [4.78, 5) is 3.54. The van der Waals surface area contributed by atoms with Gasteiger partial charge >= 0.3 is 6.48 Å². The molecule has 0 amide bonds. The molecule has 4 heteroatoms. The van der Waals surface area contributed by atoms with E-state index in [4.69, 9.17) is 5.26 Å². The Kier molecular flexibility index (Phi) is 1.02. The highest BCUT2D eigenvalue weighted by atomic mass is 17.2. The summed E-state index contributed by atoms with van der Waals surface area (Å²) in [6, 6.07) is 0. The lowest BCUT2D eigenvalue weighted by Crippen LogP contribution is -2.31. The van der Waals surface area contributed by atoms with Crippen LogP contribution in [0.2, 0.25) is 0 Å². The Labute approximate surface area is 34.2 Å². The molecule has 0 aromatic carbocycles. The molecule has 0 unspecified atom stereocenters. The van der Waals surface area contributed by atoms with Gasteiger partial charge in [-0.05, 0) is 0 Å². The van der Waals surface area contributed by atoms with Crippen LogP contribution in [0.15, 0.2) is 0 Å². The fourth-order valence-corrected chi connectivity index (χ4v) is 0.184. The van der Waals surface area contributed by atoms with Crippen LogP contribution in [0.4, 0.5) is 0 Å². The van der Waals surface area contributed by atoms with E-state index in [9.17, 15) is 0 Å². The molecule has 4 nitrogen and oxygen atoms in total. The first-order valence-corrected chi connectivity index (χ1v) is 1.47. The molecule has 0 aromatic rings. The van der Waals surface area contributed by atoms with E-state index in [0.717, 1.165) is 0 Å². The van der Waals surface area contributed by atoms with Crippen LogP contribution in [0.25, 0.3) is 0 Å². The lowest BCUT2D eigenvalue weighted by Gasteiger charge is -2.21. The van der Waals surface area contributed by atoms with Gasteiger partial charge in [0.25, 0.3) is 0 Å². The van der Waals surface area contributed by atoms with E-state index in [1.165, 1.54) is 0 Å². The maximum absolute atomic E-state index is 7.64. The number of ether oxygens (including phenoxy) is 2. The van der Waals surface area contributed by atoms with Crippen molar-refractivity contribution in [2.24, 2.45) is 0 Å². The average Bonchev–Trinajstić information content (AvgIpc) is 1.31. The summed E-state index contributed by atoms with van der Waals surface area (Å²) >= 11 is 0. The van der Waals surface area contributed by atoms with Crippen molar-refractivity contribution in [3.63, 3.8) is 0 Å².